The van der Waals surface area contributed by atoms with Gasteiger partial charge in [-0.25, -0.2) is 27.6 Å². The van der Waals surface area contributed by atoms with E-state index in [0.29, 0.717) is 5.69 Å². The van der Waals surface area contributed by atoms with Gasteiger partial charge in [0.15, 0.2) is 11.5 Å². The summed E-state index contributed by atoms with van der Waals surface area (Å²) >= 11 is 5.97. The first-order valence-corrected chi connectivity index (χ1v) is 11.6. The lowest BCUT2D eigenvalue weighted by atomic mass is 9.39. The minimum Gasteiger partial charge on any atom is -0.441 e. The molecular weight excluding hydrogens is 515 g/mol. The van der Waals surface area contributed by atoms with Crippen molar-refractivity contribution in [3.05, 3.63) is 52.7 Å². The van der Waals surface area contributed by atoms with Gasteiger partial charge in [0.1, 0.15) is 17.1 Å². The van der Waals surface area contributed by atoms with Gasteiger partial charge in [-0.15, -0.1) is 5.10 Å². The summed E-state index contributed by atoms with van der Waals surface area (Å²) in [4.78, 5) is 33.1. The molecule has 2 N–H and O–H groups in total. The number of aryl methyl sites for hydroxylation is 1. The number of pyridine rings is 2. The highest BCUT2D eigenvalue weighted by Gasteiger charge is 2.72. The number of carbonyl (C=O) groups is 2. The van der Waals surface area contributed by atoms with Gasteiger partial charge < -0.3 is 10.1 Å². The number of alkyl halides is 2. The Labute approximate surface area is 213 Å². The van der Waals surface area contributed by atoms with Crippen molar-refractivity contribution < 1.29 is 27.5 Å². The smallest absolute Gasteiger partial charge is 0.413 e. The van der Waals surface area contributed by atoms with Gasteiger partial charge in [0.05, 0.1) is 17.5 Å². The van der Waals surface area contributed by atoms with Gasteiger partial charge in [0.2, 0.25) is 6.43 Å². The van der Waals surface area contributed by atoms with Gasteiger partial charge in [-0.1, -0.05) is 16.8 Å². The van der Waals surface area contributed by atoms with Crippen LogP contribution in [0, 0.1) is 11.2 Å². The minimum atomic E-state index is -2.38. The third-order valence-electron chi connectivity index (χ3n) is 6.78. The zero-order valence-electron chi connectivity index (χ0n) is 19.6. The molecule has 3 heterocycles. The molecule has 3 saturated carbocycles. The molecule has 2 amide bonds. The Morgan fingerprint density at radius 2 is 1.92 bits per heavy atom. The van der Waals surface area contributed by atoms with Crippen LogP contribution in [-0.2, 0) is 11.8 Å². The van der Waals surface area contributed by atoms with Crippen LogP contribution in [-0.4, -0.2) is 48.9 Å². The Morgan fingerprint density at radius 3 is 2.57 bits per heavy atom. The van der Waals surface area contributed by atoms with Crippen molar-refractivity contribution in [1.29, 1.82) is 0 Å². The van der Waals surface area contributed by atoms with Crippen LogP contribution in [0.3, 0.4) is 0 Å². The quantitative estimate of drug-likeness (QED) is 0.432. The molecule has 0 radical (unpaired) electrons. The van der Waals surface area contributed by atoms with Crippen LogP contribution < -0.4 is 10.6 Å². The van der Waals surface area contributed by atoms with E-state index in [1.165, 1.54) is 29.9 Å². The van der Waals surface area contributed by atoms with Crippen molar-refractivity contribution in [3.63, 3.8) is 0 Å². The fraction of sp³-hybridized carbons (Fsp3) is 0.391. The molecule has 14 heteroatoms. The Bertz CT molecular complexity index is 1360. The van der Waals surface area contributed by atoms with E-state index >= 15 is 0 Å². The lowest BCUT2D eigenvalue weighted by molar-refractivity contribution is -0.223. The van der Waals surface area contributed by atoms with E-state index in [4.69, 9.17) is 16.3 Å². The van der Waals surface area contributed by atoms with Crippen molar-refractivity contribution in [2.75, 3.05) is 5.32 Å². The van der Waals surface area contributed by atoms with E-state index < -0.39 is 41.3 Å². The molecule has 0 spiro atoms. The molecule has 3 aromatic rings. The lowest BCUT2D eigenvalue weighted by Crippen LogP contribution is -2.76. The number of hydrogen-bond donors (Lipinski definition) is 2. The fourth-order valence-electron chi connectivity index (χ4n) is 4.96. The number of anilines is 1. The molecule has 10 nitrogen and oxygen atoms in total. The maximum Gasteiger partial charge on any atom is 0.413 e. The van der Waals surface area contributed by atoms with Gasteiger partial charge in [-0.3, -0.25) is 15.1 Å². The van der Waals surface area contributed by atoms with Crippen LogP contribution in [0.15, 0.2) is 30.6 Å². The molecule has 0 saturated heterocycles. The number of aromatic nitrogens is 5. The van der Waals surface area contributed by atoms with E-state index in [1.54, 1.807) is 7.05 Å². The molecular formula is C23H21ClF3N7O3. The van der Waals surface area contributed by atoms with Gasteiger partial charge in [0, 0.05) is 29.8 Å². The number of nitrogens with zero attached hydrogens (tertiary/aromatic N) is 5. The van der Waals surface area contributed by atoms with Crippen molar-refractivity contribution in [1.82, 2.24) is 30.3 Å². The molecule has 0 unspecified atom stereocenters. The predicted octanol–water partition coefficient (Wildman–Crippen LogP) is 4.29. The van der Waals surface area contributed by atoms with Gasteiger partial charge in [-0.2, -0.15) is 0 Å². The Balaban J connectivity index is 1.24. The van der Waals surface area contributed by atoms with E-state index in [0.717, 1.165) is 12.3 Å². The number of nitrogens with one attached hydrogen (secondary N) is 2. The third-order valence-corrected chi connectivity index (χ3v) is 7.10. The number of halogens is 4. The topological polar surface area (TPSA) is 124 Å². The summed E-state index contributed by atoms with van der Waals surface area (Å²) in [5.41, 5.74) is -0.525. The van der Waals surface area contributed by atoms with Crippen molar-refractivity contribution >= 4 is 29.4 Å². The minimum absolute atomic E-state index is 0.000442. The van der Waals surface area contributed by atoms with E-state index in [-0.39, 0.29) is 47.1 Å². The number of ether oxygens (including phenoxy) is 1. The second-order valence-electron chi connectivity index (χ2n) is 9.48. The van der Waals surface area contributed by atoms with E-state index in [9.17, 15) is 22.8 Å². The highest BCUT2D eigenvalue weighted by molar-refractivity contribution is 6.30. The maximum absolute atomic E-state index is 13.5. The van der Waals surface area contributed by atoms with Crippen molar-refractivity contribution in [3.8, 4) is 11.4 Å². The Morgan fingerprint density at radius 1 is 1.19 bits per heavy atom. The highest BCUT2D eigenvalue weighted by atomic mass is 35.5. The van der Waals surface area contributed by atoms with Crippen LogP contribution in [0.1, 0.15) is 48.2 Å². The second kappa shape index (κ2) is 8.98. The van der Waals surface area contributed by atoms with Crippen LogP contribution in [0.5, 0.6) is 0 Å². The summed E-state index contributed by atoms with van der Waals surface area (Å²) < 4.78 is 46.2. The molecule has 3 fully saturated rings. The third kappa shape index (κ3) is 4.47. The standard InChI is InChI=1S/C23H21ClF3N7O3/c1-11(14-5-13(25)7-29-17(14)24)37-21(36)30-18-16(32-33-34(18)2)15-4-3-12(6-28-15)19(35)31-23-8-22(9-23,10-23)20(26)27/h3-7,11,20H,8-10H2,1-2H3,(H,30,36)(H,31,35)/t11-,22?,23?/m1/s1. The first kappa shape index (κ1) is 24.9. The molecule has 194 valence electrons. The molecule has 3 aromatic heterocycles. The summed E-state index contributed by atoms with van der Waals surface area (Å²) in [6.45, 7) is 1.51. The summed E-state index contributed by atoms with van der Waals surface area (Å²) in [6.07, 6.45) is -1.05. The number of carbonyl (C=O) groups excluding carboxylic acids is 2. The van der Waals surface area contributed by atoms with Crippen LogP contribution in [0.2, 0.25) is 5.15 Å². The van der Waals surface area contributed by atoms with Crippen molar-refractivity contribution in [2.45, 2.75) is 44.3 Å². The fourth-order valence-corrected chi connectivity index (χ4v) is 5.21. The van der Waals surface area contributed by atoms with E-state index in [2.05, 4.69) is 30.9 Å². The molecule has 3 aliphatic rings. The Hall–Kier alpha value is -3.74. The Kier molecular flexibility index (Phi) is 6.05. The number of hydrogen-bond acceptors (Lipinski definition) is 7. The highest BCUT2D eigenvalue weighted by Crippen LogP contribution is 2.69. The average molecular weight is 536 g/mol. The second-order valence-corrected chi connectivity index (χ2v) is 9.83. The number of rotatable bonds is 7. The lowest BCUT2D eigenvalue weighted by Gasteiger charge is -2.69. The zero-order chi connectivity index (χ0) is 26.5. The molecule has 3 aliphatic carbocycles. The molecule has 1 atom stereocenters. The molecule has 0 aliphatic heterocycles. The van der Waals surface area contributed by atoms with Gasteiger partial charge in [0.25, 0.3) is 5.91 Å². The maximum atomic E-state index is 13.5. The molecule has 2 bridgehead atoms. The molecule has 37 heavy (non-hydrogen) atoms. The summed E-state index contributed by atoms with van der Waals surface area (Å²) in [6, 6.07) is 4.17. The van der Waals surface area contributed by atoms with Crippen LogP contribution in [0.25, 0.3) is 11.4 Å². The summed E-state index contributed by atoms with van der Waals surface area (Å²) in [7, 11) is 1.54. The average Bonchev–Trinajstić information content (AvgIpc) is 3.16. The predicted molar refractivity (Wildman–Crippen MR) is 124 cm³/mol. The summed E-state index contributed by atoms with van der Waals surface area (Å²) in [5.74, 6) is -0.864. The van der Waals surface area contributed by atoms with E-state index in [1.807, 2.05) is 0 Å². The molecule has 6 rings (SSSR count). The largest absolute Gasteiger partial charge is 0.441 e. The van der Waals surface area contributed by atoms with Gasteiger partial charge in [-0.05, 0) is 44.4 Å². The van der Waals surface area contributed by atoms with Crippen LogP contribution in [0.4, 0.5) is 23.8 Å². The zero-order valence-corrected chi connectivity index (χ0v) is 20.4. The van der Waals surface area contributed by atoms with Crippen molar-refractivity contribution in [2.24, 2.45) is 12.5 Å². The number of amides is 2. The first-order valence-electron chi connectivity index (χ1n) is 11.3. The SMILES string of the molecule is C[C@@H](OC(=O)Nc1c(-c2ccc(C(=O)NC34CC(C(F)F)(C3)C4)cn2)nnn1C)c1cc(F)cnc1Cl. The van der Waals surface area contributed by atoms with Crippen LogP contribution >= 0.6 is 11.6 Å². The first-order chi connectivity index (χ1) is 17.5. The van der Waals surface area contributed by atoms with Gasteiger partial charge >= 0.3 is 6.09 Å². The summed E-state index contributed by atoms with van der Waals surface area (Å²) in [5, 5.41) is 13.3. The molecule has 0 aromatic carbocycles. The monoisotopic (exact) mass is 535 g/mol. The normalized spacial score (nSPS) is 22.6.